The summed E-state index contributed by atoms with van der Waals surface area (Å²) in [5.41, 5.74) is -1.24. The summed E-state index contributed by atoms with van der Waals surface area (Å²) in [5.74, 6) is -5.30. The van der Waals surface area contributed by atoms with Gasteiger partial charge in [0.2, 0.25) is 5.91 Å². The number of Topliss-reactive ketones (excluding diaryl/α,β-unsaturated/α-hetero) is 1. The number of rotatable bonds is 2. The van der Waals surface area contributed by atoms with E-state index >= 15 is 0 Å². The molecule has 0 aliphatic carbocycles. The second-order valence-electron chi connectivity index (χ2n) is 5.11. The number of alkyl halides is 3. The van der Waals surface area contributed by atoms with Gasteiger partial charge >= 0.3 is 6.18 Å². The Morgan fingerprint density at radius 1 is 1.22 bits per heavy atom. The van der Waals surface area contributed by atoms with Crippen LogP contribution in [0.2, 0.25) is 0 Å². The SMILES string of the molecule is O=C1CCN2C(c3cccc(F)c3F)C(C(=O)C(F)(F)F)=CN12. The molecule has 2 aliphatic rings. The number of amides is 1. The smallest absolute Gasteiger partial charge is 0.284 e. The number of halogens is 5. The number of hydrogen-bond acceptors (Lipinski definition) is 3. The molecule has 1 aromatic carbocycles. The van der Waals surface area contributed by atoms with Crippen molar-refractivity contribution in [3.63, 3.8) is 0 Å². The molecule has 1 unspecified atom stereocenters. The number of carbonyl (C=O) groups excluding carboxylic acids is 2. The average Bonchev–Trinajstić information content (AvgIpc) is 3.00. The largest absolute Gasteiger partial charge is 0.454 e. The number of ketones is 1. The van der Waals surface area contributed by atoms with E-state index in [1.807, 2.05) is 0 Å². The van der Waals surface area contributed by atoms with Crippen LogP contribution in [0.4, 0.5) is 22.0 Å². The van der Waals surface area contributed by atoms with Crippen molar-refractivity contribution in [2.24, 2.45) is 0 Å². The summed E-state index contributed by atoms with van der Waals surface area (Å²) >= 11 is 0. The van der Waals surface area contributed by atoms with E-state index in [1.54, 1.807) is 0 Å². The third-order valence-corrected chi connectivity index (χ3v) is 3.74. The number of fused-ring (bicyclic) bond motifs is 1. The van der Waals surface area contributed by atoms with Crippen molar-refractivity contribution in [3.05, 3.63) is 47.2 Å². The van der Waals surface area contributed by atoms with Crippen molar-refractivity contribution in [2.45, 2.75) is 18.6 Å². The molecular weight excluding hydrogens is 323 g/mol. The Bertz CT molecular complexity index is 728. The minimum absolute atomic E-state index is 0.00455. The van der Waals surface area contributed by atoms with Gasteiger partial charge in [-0.1, -0.05) is 12.1 Å². The summed E-state index contributed by atoms with van der Waals surface area (Å²) in [5, 5.41) is 1.98. The van der Waals surface area contributed by atoms with Crippen LogP contribution in [0.15, 0.2) is 30.0 Å². The van der Waals surface area contributed by atoms with Gasteiger partial charge in [-0.05, 0) is 6.07 Å². The second-order valence-corrected chi connectivity index (χ2v) is 5.11. The van der Waals surface area contributed by atoms with E-state index in [9.17, 15) is 31.5 Å². The summed E-state index contributed by atoms with van der Waals surface area (Å²) in [4.78, 5) is 23.3. The fourth-order valence-corrected chi connectivity index (χ4v) is 2.74. The molecule has 0 radical (unpaired) electrons. The minimum atomic E-state index is -5.18. The summed E-state index contributed by atoms with van der Waals surface area (Å²) < 4.78 is 65.7. The molecule has 1 amide bonds. The molecule has 0 aromatic heterocycles. The van der Waals surface area contributed by atoms with Crippen molar-refractivity contribution in [1.29, 1.82) is 0 Å². The Hall–Kier alpha value is -2.29. The van der Waals surface area contributed by atoms with Crippen LogP contribution >= 0.6 is 0 Å². The third kappa shape index (κ3) is 2.40. The molecule has 2 heterocycles. The zero-order chi connectivity index (χ0) is 16.9. The average molecular weight is 332 g/mol. The predicted molar refractivity (Wildman–Crippen MR) is 66.4 cm³/mol. The van der Waals surface area contributed by atoms with Gasteiger partial charge in [0, 0.05) is 30.3 Å². The molecule has 1 saturated heterocycles. The maximum Gasteiger partial charge on any atom is 0.454 e. The van der Waals surface area contributed by atoms with E-state index in [-0.39, 0.29) is 13.0 Å². The maximum absolute atomic E-state index is 14.0. The van der Waals surface area contributed by atoms with Crippen LogP contribution in [0.1, 0.15) is 18.0 Å². The van der Waals surface area contributed by atoms with Gasteiger partial charge in [0.1, 0.15) is 0 Å². The molecule has 9 heteroatoms. The molecule has 23 heavy (non-hydrogen) atoms. The van der Waals surface area contributed by atoms with Gasteiger partial charge < -0.3 is 0 Å². The van der Waals surface area contributed by atoms with E-state index < -0.39 is 46.7 Å². The highest BCUT2D eigenvalue weighted by Gasteiger charge is 2.51. The van der Waals surface area contributed by atoms with Gasteiger partial charge in [-0.25, -0.2) is 18.8 Å². The van der Waals surface area contributed by atoms with E-state index in [0.29, 0.717) is 0 Å². The van der Waals surface area contributed by atoms with Crippen molar-refractivity contribution in [1.82, 2.24) is 10.0 Å². The Morgan fingerprint density at radius 2 is 1.91 bits per heavy atom. The van der Waals surface area contributed by atoms with Crippen molar-refractivity contribution < 1.29 is 31.5 Å². The lowest BCUT2D eigenvalue weighted by atomic mass is 9.95. The summed E-state index contributed by atoms with van der Waals surface area (Å²) in [6.45, 7) is 0.00455. The molecule has 1 atom stereocenters. The van der Waals surface area contributed by atoms with E-state index in [0.717, 1.165) is 34.4 Å². The fraction of sp³-hybridized carbons (Fsp3) is 0.286. The first-order chi connectivity index (χ1) is 10.7. The number of benzene rings is 1. The molecule has 0 N–H and O–H groups in total. The maximum atomic E-state index is 14.0. The molecular formula is C14H9F5N2O2. The van der Waals surface area contributed by atoms with Crippen LogP contribution in [-0.2, 0) is 9.59 Å². The molecule has 1 fully saturated rings. The quantitative estimate of drug-likeness (QED) is 0.782. The van der Waals surface area contributed by atoms with Crippen LogP contribution in [0, 0.1) is 11.6 Å². The zero-order valence-electron chi connectivity index (χ0n) is 11.4. The van der Waals surface area contributed by atoms with E-state index in [4.69, 9.17) is 0 Å². The third-order valence-electron chi connectivity index (χ3n) is 3.74. The molecule has 3 rings (SSSR count). The number of hydrogen-bond donors (Lipinski definition) is 0. The van der Waals surface area contributed by atoms with E-state index in [1.165, 1.54) is 0 Å². The molecule has 0 saturated carbocycles. The molecule has 0 spiro atoms. The van der Waals surface area contributed by atoms with Gasteiger partial charge in [-0.2, -0.15) is 13.2 Å². The van der Waals surface area contributed by atoms with Crippen molar-refractivity contribution in [3.8, 4) is 0 Å². The van der Waals surface area contributed by atoms with Gasteiger partial charge in [-0.3, -0.25) is 9.59 Å². The first kappa shape index (κ1) is 15.6. The summed E-state index contributed by atoms with van der Waals surface area (Å²) in [6, 6.07) is 1.54. The predicted octanol–water partition coefficient (Wildman–Crippen LogP) is 2.48. The Labute approximate surface area is 126 Å². The second kappa shape index (κ2) is 5.12. The topological polar surface area (TPSA) is 40.6 Å². The lowest BCUT2D eigenvalue weighted by Crippen LogP contribution is -2.35. The van der Waals surface area contributed by atoms with Crippen molar-refractivity contribution in [2.75, 3.05) is 6.54 Å². The highest BCUT2D eigenvalue weighted by atomic mass is 19.4. The molecule has 1 aromatic rings. The molecule has 4 nitrogen and oxygen atoms in total. The van der Waals surface area contributed by atoms with Crippen LogP contribution in [0.3, 0.4) is 0 Å². The standard InChI is InChI=1S/C14H9F5N2O2/c15-9-3-1-2-7(11(9)16)12-8(13(23)14(17,18)19)6-21-10(22)4-5-20(12)21/h1-3,6,12H,4-5H2. The number of carbonyl (C=O) groups is 2. The summed E-state index contributed by atoms with van der Waals surface area (Å²) in [7, 11) is 0. The van der Waals surface area contributed by atoms with Gasteiger partial charge in [0.15, 0.2) is 11.6 Å². The van der Waals surface area contributed by atoms with Crippen LogP contribution in [0.25, 0.3) is 0 Å². The van der Waals surface area contributed by atoms with Crippen LogP contribution in [0.5, 0.6) is 0 Å². The summed E-state index contributed by atoms with van der Waals surface area (Å²) in [6.07, 6.45) is -4.42. The van der Waals surface area contributed by atoms with Crippen LogP contribution < -0.4 is 0 Å². The monoisotopic (exact) mass is 332 g/mol. The Balaban J connectivity index is 2.12. The van der Waals surface area contributed by atoms with Crippen LogP contribution in [-0.4, -0.2) is 34.4 Å². The Morgan fingerprint density at radius 3 is 2.57 bits per heavy atom. The Kier molecular flexibility index (Phi) is 3.47. The van der Waals surface area contributed by atoms with Crippen molar-refractivity contribution >= 4 is 11.7 Å². The van der Waals surface area contributed by atoms with Gasteiger partial charge in [0.05, 0.1) is 6.04 Å². The zero-order valence-corrected chi connectivity index (χ0v) is 11.4. The molecule has 2 aliphatic heterocycles. The number of hydrazine groups is 1. The molecule has 122 valence electrons. The lowest BCUT2D eigenvalue weighted by molar-refractivity contribution is -0.167. The normalized spacial score (nSPS) is 21.6. The van der Waals surface area contributed by atoms with E-state index in [2.05, 4.69) is 0 Å². The lowest BCUT2D eigenvalue weighted by Gasteiger charge is -2.27. The minimum Gasteiger partial charge on any atom is -0.284 e. The number of nitrogens with zero attached hydrogens (tertiary/aromatic N) is 2. The first-order valence-electron chi connectivity index (χ1n) is 6.57. The highest BCUT2D eigenvalue weighted by molar-refractivity contribution is 6.02. The fourth-order valence-electron chi connectivity index (χ4n) is 2.74. The first-order valence-corrected chi connectivity index (χ1v) is 6.57. The highest BCUT2D eigenvalue weighted by Crippen LogP contribution is 2.42. The van der Waals surface area contributed by atoms with Gasteiger partial charge in [0.25, 0.3) is 5.78 Å². The molecule has 0 bridgehead atoms. The van der Waals surface area contributed by atoms with Gasteiger partial charge in [-0.15, -0.1) is 0 Å².